The van der Waals surface area contributed by atoms with Gasteiger partial charge in [-0.3, -0.25) is 9.78 Å². The van der Waals surface area contributed by atoms with Gasteiger partial charge >= 0.3 is 5.97 Å². The van der Waals surface area contributed by atoms with E-state index < -0.39 is 12.0 Å². The SMILES string of the molecule is O=C(O)[C@@H]1Cn2cccc2C(=O)N1Cc1cccnc1. The lowest BCUT2D eigenvalue weighted by atomic mass is 10.1. The van der Waals surface area contributed by atoms with Crippen LogP contribution in [-0.4, -0.2) is 37.5 Å². The molecule has 20 heavy (non-hydrogen) atoms. The lowest BCUT2D eigenvalue weighted by Crippen LogP contribution is -2.51. The summed E-state index contributed by atoms with van der Waals surface area (Å²) in [6.45, 7) is 0.512. The first kappa shape index (κ1) is 12.4. The Kier molecular flexibility index (Phi) is 2.98. The quantitative estimate of drug-likeness (QED) is 0.903. The second-order valence-electron chi connectivity index (χ2n) is 4.69. The lowest BCUT2D eigenvalue weighted by molar-refractivity contribution is -0.143. The highest BCUT2D eigenvalue weighted by atomic mass is 16.4. The molecule has 1 amide bonds. The van der Waals surface area contributed by atoms with Crippen LogP contribution >= 0.6 is 0 Å². The molecule has 3 rings (SSSR count). The molecule has 0 aliphatic carbocycles. The van der Waals surface area contributed by atoms with Crippen molar-refractivity contribution in [2.24, 2.45) is 0 Å². The molecular weight excluding hydrogens is 258 g/mol. The van der Waals surface area contributed by atoms with Crippen molar-refractivity contribution in [2.45, 2.75) is 19.1 Å². The van der Waals surface area contributed by atoms with Gasteiger partial charge in [0.1, 0.15) is 11.7 Å². The van der Waals surface area contributed by atoms with E-state index in [4.69, 9.17) is 0 Å². The van der Waals surface area contributed by atoms with Crippen LogP contribution in [0.3, 0.4) is 0 Å². The third kappa shape index (κ3) is 2.05. The fourth-order valence-electron chi connectivity index (χ4n) is 2.42. The van der Waals surface area contributed by atoms with Crippen molar-refractivity contribution >= 4 is 11.9 Å². The van der Waals surface area contributed by atoms with Gasteiger partial charge in [-0.15, -0.1) is 0 Å². The average molecular weight is 271 g/mol. The molecule has 1 atom stereocenters. The van der Waals surface area contributed by atoms with Gasteiger partial charge in [-0.1, -0.05) is 6.07 Å². The minimum Gasteiger partial charge on any atom is -0.480 e. The van der Waals surface area contributed by atoms with Crippen molar-refractivity contribution in [2.75, 3.05) is 0 Å². The molecule has 6 nitrogen and oxygen atoms in total. The molecule has 1 aliphatic heterocycles. The van der Waals surface area contributed by atoms with Crippen molar-refractivity contribution in [3.8, 4) is 0 Å². The molecule has 102 valence electrons. The third-order valence-corrected chi connectivity index (χ3v) is 3.42. The number of carbonyl (C=O) groups excluding carboxylic acids is 1. The van der Waals surface area contributed by atoms with E-state index in [-0.39, 0.29) is 19.0 Å². The van der Waals surface area contributed by atoms with E-state index in [0.29, 0.717) is 5.69 Å². The van der Waals surface area contributed by atoms with Crippen molar-refractivity contribution in [1.82, 2.24) is 14.5 Å². The molecule has 6 heteroatoms. The fourth-order valence-corrected chi connectivity index (χ4v) is 2.42. The maximum atomic E-state index is 12.4. The van der Waals surface area contributed by atoms with Crippen molar-refractivity contribution in [3.63, 3.8) is 0 Å². The van der Waals surface area contributed by atoms with Crippen LogP contribution in [0.5, 0.6) is 0 Å². The number of carbonyl (C=O) groups is 2. The Morgan fingerprint density at radius 2 is 2.25 bits per heavy atom. The number of nitrogens with zero attached hydrogens (tertiary/aromatic N) is 3. The Morgan fingerprint density at radius 3 is 2.95 bits per heavy atom. The molecule has 1 aliphatic rings. The van der Waals surface area contributed by atoms with Crippen LogP contribution in [0.2, 0.25) is 0 Å². The summed E-state index contributed by atoms with van der Waals surface area (Å²) in [6, 6.07) is 6.19. The molecule has 0 bridgehead atoms. The Hall–Kier alpha value is -2.63. The molecule has 3 heterocycles. The number of hydrogen-bond acceptors (Lipinski definition) is 3. The third-order valence-electron chi connectivity index (χ3n) is 3.42. The van der Waals surface area contributed by atoms with Crippen LogP contribution in [-0.2, 0) is 17.9 Å². The molecule has 0 unspecified atom stereocenters. The Morgan fingerprint density at radius 1 is 1.40 bits per heavy atom. The number of aliphatic carboxylic acids is 1. The smallest absolute Gasteiger partial charge is 0.328 e. The van der Waals surface area contributed by atoms with E-state index in [9.17, 15) is 14.7 Å². The highest BCUT2D eigenvalue weighted by molar-refractivity contribution is 5.96. The number of fused-ring (bicyclic) bond motifs is 1. The van der Waals surface area contributed by atoms with E-state index in [2.05, 4.69) is 4.98 Å². The zero-order valence-electron chi connectivity index (χ0n) is 10.6. The van der Waals surface area contributed by atoms with Gasteiger partial charge in [-0.05, 0) is 23.8 Å². The molecule has 0 radical (unpaired) electrons. The topological polar surface area (TPSA) is 75.4 Å². The van der Waals surface area contributed by atoms with E-state index in [1.807, 2.05) is 6.07 Å². The maximum absolute atomic E-state index is 12.4. The normalized spacial score (nSPS) is 17.9. The maximum Gasteiger partial charge on any atom is 0.328 e. The summed E-state index contributed by atoms with van der Waals surface area (Å²) >= 11 is 0. The number of amides is 1. The Labute approximate surface area is 115 Å². The highest BCUT2D eigenvalue weighted by Gasteiger charge is 2.36. The predicted octanol–water partition coefficient (Wildman–Crippen LogP) is 0.992. The number of carboxylic acids is 1. The minimum absolute atomic E-state index is 0.245. The Bertz CT molecular complexity index is 651. The summed E-state index contributed by atoms with van der Waals surface area (Å²) in [4.78, 5) is 29.2. The zero-order chi connectivity index (χ0) is 14.1. The van der Waals surface area contributed by atoms with Crippen LogP contribution in [0.4, 0.5) is 0 Å². The zero-order valence-corrected chi connectivity index (χ0v) is 10.6. The molecule has 0 fully saturated rings. The average Bonchev–Trinajstić information content (AvgIpc) is 2.91. The fraction of sp³-hybridized carbons (Fsp3) is 0.214. The molecule has 1 N–H and O–H groups in total. The monoisotopic (exact) mass is 271 g/mol. The first-order valence-corrected chi connectivity index (χ1v) is 6.24. The standard InChI is InChI=1S/C14H13N3O3/c18-13-11-4-2-6-16(11)9-12(14(19)20)17(13)8-10-3-1-5-15-7-10/h1-7,12H,8-9H2,(H,19,20)/t12-/m0/s1. The van der Waals surface area contributed by atoms with Crippen molar-refractivity contribution in [3.05, 3.63) is 54.1 Å². The number of pyridine rings is 1. The summed E-state index contributed by atoms with van der Waals surface area (Å²) in [7, 11) is 0. The first-order valence-electron chi connectivity index (χ1n) is 6.24. The number of rotatable bonds is 3. The molecule has 0 saturated heterocycles. The van der Waals surface area contributed by atoms with E-state index in [1.54, 1.807) is 41.4 Å². The van der Waals surface area contributed by atoms with Gasteiger partial charge in [-0.25, -0.2) is 4.79 Å². The summed E-state index contributed by atoms with van der Waals surface area (Å²) in [5.41, 5.74) is 1.33. The summed E-state index contributed by atoms with van der Waals surface area (Å²) in [5, 5.41) is 9.34. The predicted molar refractivity (Wildman–Crippen MR) is 70.0 cm³/mol. The van der Waals surface area contributed by atoms with E-state index in [0.717, 1.165) is 5.56 Å². The minimum atomic E-state index is -0.999. The molecule has 2 aromatic heterocycles. The van der Waals surface area contributed by atoms with Gasteiger partial charge in [-0.2, -0.15) is 0 Å². The molecular formula is C14H13N3O3. The van der Waals surface area contributed by atoms with Gasteiger partial charge in [0.2, 0.25) is 0 Å². The largest absolute Gasteiger partial charge is 0.480 e. The Balaban J connectivity index is 1.94. The van der Waals surface area contributed by atoms with Gasteiger partial charge in [0, 0.05) is 25.1 Å². The molecule has 0 spiro atoms. The second-order valence-corrected chi connectivity index (χ2v) is 4.69. The summed E-state index contributed by atoms with van der Waals surface area (Å²) in [5.74, 6) is -1.26. The second kappa shape index (κ2) is 4.80. The van der Waals surface area contributed by atoms with Crippen LogP contribution in [0.1, 0.15) is 16.1 Å². The number of hydrogen-bond donors (Lipinski definition) is 1. The van der Waals surface area contributed by atoms with Gasteiger partial charge in [0.05, 0.1) is 6.54 Å². The number of carboxylic acid groups (broad SMARTS) is 1. The summed E-state index contributed by atoms with van der Waals surface area (Å²) < 4.78 is 1.68. The van der Waals surface area contributed by atoms with Gasteiger partial charge in [0.15, 0.2) is 0 Å². The molecule has 2 aromatic rings. The van der Waals surface area contributed by atoms with Crippen LogP contribution in [0.25, 0.3) is 0 Å². The molecule has 0 aromatic carbocycles. The van der Waals surface area contributed by atoms with Crippen LogP contribution in [0.15, 0.2) is 42.9 Å². The van der Waals surface area contributed by atoms with Gasteiger partial charge in [0.25, 0.3) is 5.91 Å². The lowest BCUT2D eigenvalue weighted by Gasteiger charge is -2.34. The summed E-state index contributed by atoms with van der Waals surface area (Å²) in [6.07, 6.45) is 5.01. The van der Waals surface area contributed by atoms with E-state index in [1.165, 1.54) is 4.90 Å². The van der Waals surface area contributed by atoms with Crippen LogP contribution < -0.4 is 0 Å². The number of aromatic nitrogens is 2. The van der Waals surface area contributed by atoms with E-state index >= 15 is 0 Å². The first-order chi connectivity index (χ1) is 9.66. The molecule has 0 saturated carbocycles. The van der Waals surface area contributed by atoms with Crippen molar-refractivity contribution < 1.29 is 14.7 Å². The van der Waals surface area contributed by atoms with Gasteiger partial charge < -0.3 is 14.6 Å². The van der Waals surface area contributed by atoms with Crippen LogP contribution in [0, 0.1) is 0 Å². The van der Waals surface area contributed by atoms with Crippen molar-refractivity contribution in [1.29, 1.82) is 0 Å². The highest BCUT2D eigenvalue weighted by Crippen LogP contribution is 2.20.